The van der Waals surface area contributed by atoms with Crippen LogP contribution in [0.3, 0.4) is 0 Å². The Morgan fingerprint density at radius 2 is 1.96 bits per heavy atom. The molecule has 4 N–H and O–H groups in total. The molecular weight excluding hydrogens is 360 g/mol. The smallest absolute Gasteiger partial charge is 0.159 e. The first-order valence-corrected chi connectivity index (χ1v) is 9.93. The van der Waals surface area contributed by atoms with Crippen LogP contribution in [0.2, 0.25) is 5.02 Å². The van der Waals surface area contributed by atoms with Crippen LogP contribution < -0.4 is 16.4 Å². The molecule has 1 saturated carbocycles. The van der Waals surface area contributed by atoms with E-state index in [-0.39, 0.29) is 0 Å². The molecule has 4 rings (SSSR count). The van der Waals surface area contributed by atoms with Crippen LogP contribution in [0.1, 0.15) is 38.2 Å². The molecule has 1 aliphatic rings. The maximum absolute atomic E-state index is 6.37. The topological polar surface area (TPSA) is 80.3 Å². The third-order valence-electron chi connectivity index (χ3n) is 5.23. The SMILES string of the molecule is CCc1c(NC2CCC(N)CC2)nc2ccnn2c1Nc1ccccc1Cl. The standard InChI is InChI=1S/C20H25ClN6/c1-2-15-19(24-14-9-7-13(22)8-10-14)26-18-11-12-23-27(18)20(15)25-17-6-4-3-5-16(17)21/h3-6,11-14,25H,2,7-10,22H2,1H3,(H,24,26). The minimum atomic E-state index is 0.330. The number of aromatic nitrogens is 3. The molecule has 27 heavy (non-hydrogen) atoms. The summed E-state index contributed by atoms with van der Waals surface area (Å²) in [6.07, 6.45) is 6.85. The predicted octanol–water partition coefficient (Wildman–Crippen LogP) is 4.37. The molecule has 0 amide bonds. The molecule has 0 bridgehead atoms. The van der Waals surface area contributed by atoms with Crippen LogP contribution in [-0.4, -0.2) is 26.7 Å². The zero-order chi connectivity index (χ0) is 18.8. The molecule has 6 nitrogen and oxygen atoms in total. The van der Waals surface area contributed by atoms with Crippen molar-refractivity contribution in [3.05, 3.63) is 47.1 Å². The van der Waals surface area contributed by atoms with Gasteiger partial charge < -0.3 is 16.4 Å². The van der Waals surface area contributed by atoms with Crippen LogP contribution in [0.15, 0.2) is 36.5 Å². The predicted molar refractivity (Wildman–Crippen MR) is 111 cm³/mol. The molecule has 2 aromatic heterocycles. The number of hydrogen-bond acceptors (Lipinski definition) is 5. The van der Waals surface area contributed by atoms with Crippen molar-refractivity contribution < 1.29 is 0 Å². The Morgan fingerprint density at radius 1 is 1.19 bits per heavy atom. The summed E-state index contributed by atoms with van der Waals surface area (Å²) < 4.78 is 1.84. The average molecular weight is 385 g/mol. The van der Waals surface area contributed by atoms with Gasteiger partial charge in [0, 0.05) is 23.7 Å². The molecule has 3 aromatic rings. The van der Waals surface area contributed by atoms with Gasteiger partial charge in [-0.05, 0) is 44.2 Å². The van der Waals surface area contributed by atoms with Gasteiger partial charge in [-0.25, -0.2) is 4.98 Å². The number of hydrogen-bond donors (Lipinski definition) is 3. The second-order valence-electron chi connectivity index (χ2n) is 7.10. The molecule has 0 saturated heterocycles. The molecule has 7 heteroatoms. The number of nitrogens with zero attached hydrogens (tertiary/aromatic N) is 3. The summed E-state index contributed by atoms with van der Waals surface area (Å²) in [4.78, 5) is 4.83. The molecule has 1 aliphatic carbocycles. The zero-order valence-electron chi connectivity index (χ0n) is 15.5. The molecule has 0 unspecified atom stereocenters. The van der Waals surface area contributed by atoms with E-state index in [1.165, 1.54) is 0 Å². The minimum absolute atomic E-state index is 0.330. The molecule has 0 radical (unpaired) electrons. The maximum Gasteiger partial charge on any atom is 0.159 e. The van der Waals surface area contributed by atoms with Crippen molar-refractivity contribution in [1.82, 2.24) is 14.6 Å². The second-order valence-corrected chi connectivity index (χ2v) is 7.51. The first-order valence-electron chi connectivity index (χ1n) is 9.56. The zero-order valence-corrected chi connectivity index (χ0v) is 16.2. The number of nitrogens with one attached hydrogen (secondary N) is 2. The van der Waals surface area contributed by atoms with Gasteiger partial charge in [0.1, 0.15) is 11.6 Å². The number of rotatable bonds is 5. The number of fused-ring (bicyclic) bond motifs is 1. The van der Waals surface area contributed by atoms with Crippen LogP contribution in [-0.2, 0) is 6.42 Å². The van der Waals surface area contributed by atoms with Crippen molar-refractivity contribution in [1.29, 1.82) is 0 Å². The van der Waals surface area contributed by atoms with Crippen LogP contribution in [0, 0.1) is 0 Å². The van der Waals surface area contributed by atoms with Gasteiger partial charge in [0.15, 0.2) is 5.65 Å². The first-order chi connectivity index (χ1) is 13.2. The fourth-order valence-electron chi connectivity index (χ4n) is 3.71. The van der Waals surface area contributed by atoms with Gasteiger partial charge in [0.05, 0.1) is 16.9 Å². The molecule has 2 heterocycles. The van der Waals surface area contributed by atoms with Crippen LogP contribution >= 0.6 is 11.6 Å². The number of benzene rings is 1. The number of para-hydroxylation sites is 1. The molecule has 142 valence electrons. The summed E-state index contributed by atoms with van der Waals surface area (Å²) >= 11 is 6.37. The summed E-state index contributed by atoms with van der Waals surface area (Å²) in [5.74, 6) is 1.82. The lowest BCUT2D eigenvalue weighted by molar-refractivity contribution is 0.410. The molecule has 0 aliphatic heterocycles. The van der Waals surface area contributed by atoms with E-state index >= 15 is 0 Å². The highest BCUT2D eigenvalue weighted by molar-refractivity contribution is 6.33. The van der Waals surface area contributed by atoms with E-state index in [1.807, 2.05) is 34.8 Å². The molecule has 1 fully saturated rings. The Labute approximate surface area is 164 Å². The third kappa shape index (κ3) is 3.73. The average Bonchev–Trinajstić information content (AvgIpc) is 3.14. The van der Waals surface area contributed by atoms with E-state index in [2.05, 4.69) is 22.7 Å². The van der Waals surface area contributed by atoms with Crippen LogP contribution in [0.4, 0.5) is 17.3 Å². The quantitative estimate of drug-likeness (QED) is 0.608. The van der Waals surface area contributed by atoms with E-state index in [4.69, 9.17) is 22.3 Å². The fourth-order valence-corrected chi connectivity index (χ4v) is 3.89. The Balaban J connectivity index is 1.73. The van der Waals surface area contributed by atoms with Crippen molar-refractivity contribution in [3.63, 3.8) is 0 Å². The summed E-state index contributed by atoms with van der Waals surface area (Å²) in [5.41, 5.74) is 8.81. The van der Waals surface area contributed by atoms with E-state index in [0.29, 0.717) is 17.1 Å². The van der Waals surface area contributed by atoms with Gasteiger partial charge in [0.25, 0.3) is 0 Å². The third-order valence-corrected chi connectivity index (χ3v) is 5.56. The molecule has 0 atom stereocenters. The summed E-state index contributed by atoms with van der Waals surface area (Å²) in [6.45, 7) is 2.13. The van der Waals surface area contributed by atoms with Gasteiger partial charge >= 0.3 is 0 Å². The van der Waals surface area contributed by atoms with Gasteiger partial charge in [-0.15, -0.1) is 0 Å². The number of anilines is 3. The Bertz CT molecular complexity index is 929. The number of halogens is 1. The van der Waals surface area contributed by atoms with E-state index in [9.17, 15) is 0 Å². The summed E-state index contributed by atoms with van der Waals surface area (Å²) in [5, 5.41) is 12.3. The Morgan fingerprint density at radius 3 is 2.70 bits per heavy atom. The Kier molecular flexibility index (Phi) is 5.18. The highest BCUT2D eigenvalue weighted by Gasteiger charge is 2.22. The molecule has 1 aromatic carbocycles. The van der Waals surface area contributed by atoms with Gasteiger partial charge in [-0.1, -0.05) is 30.7 Å². The van der Waals surface area contributed by atoms with E-state index in [1.54, 1.807) is 6.20 Å². The normalized spacial score (nSPS) is 20.0. The molecular formula is C20H25ClN6. The van der Waals surface area contributed by atoms with Crippen molar-refractivity contribution in [2.45, 2.75) is 51.1 Å². The summed E-state index contributed by atoms with van der Waals surface area (Å²) in [7, 11) is 0. The monoisotopic (exact) mass is 384 g/mol. The van der Waals surface area contributed by atoms with Gasteiger partial charge in [-0.3, -0.25) is 0 Å². The summed E-state index contributed by atoms with van der Waals surface area (Å²) in [6, 6.07) is 10.4. The maximum atomic E-state index is 6.37. The van der Waals surface area contributed by atoms with Gasteiger partial charge in [0.2, 0.25) is 0 Å². The lowest BCUT2D eigenvalue weighted by Crippen LogP contribution is -2.33. The first kappa shape index (κ1) is 18.1. The van der Waals surface area contributed by atoms with E-state index in [0.717, 1.165) is 60.6 Å². The van der Waals surface area contributed by atoms with E-state index < -0.39 is 0 Å². The van der Waals surface area contributed by atoms with Crippen molar-refractivity contribution in [2.75, 3.05) is 10.6 Å². The lowest BCUT2D eigenvalue weighted by atomic mass is 9.92. The minimum Gasteiger partial charge on any atom is -0.367 e. The van der Waals surface area contributed by atoms with Crippen molar-refractivity contribution in [2.24, 2.45) is 5.73 Å². The second kappa shape index (κ2) is 7.74. The largest absolute Gasteiger partial charge is 0.367 e. The highest BCUT2D eigenvalue weighted by Crippen LogP contribution is 2.32. The van der Waals surface area contributed by atoms with Crippen molar-refractivity contribution in [3.8, 4) is 0 Å². The van der Waals surface area contributed by atoms with Crippen LogP contribution in [0.5, 0.6) is 0 Å². The molecule has 0 spiro atoms. The van der Waals surface area contributed by atoms with Crippen LogP contribution in [0.25, 0.3) is 5.65 Å². The van der Waals surface area contributed by atoms with Gasteiger partial charge in [-0.2, -0.15) is 9.61 Å². The Hall–Kier alpha value is -2.31. The lowest BCUT2D eigenvalue weighted by Gasteiger charge is -2.28. The van der Waals surface area contributed by atoms with Crippen molar-refractivity contribution >= 4 is 34.6 Å². The fraction of sp³-hybridized carbons (Fsp3) is 0.400. The highest BCUT2D eigenvalue weighted by atomic mass is 35.5. The number of nitrogens with two attached hydrogens (primary N) is 1.